The molecule has 2 unspecified atom stereocenters. The van der Waals surface area contributed by atoms with Gasteiger partial charge >= 0.3 is 0 Å². The van der Waals surface area contributed by atoms with Gasteiger partial charge in [0.05, 0.1) is 34.7 Å². The van der Waals surface area contributed by atoms with Gasteiger partial charge in [-0.2, -0.15) is 0 Å². The van der Waals surface area contributed by atoms with Crippen molar-refractivity contribution >= 4 is 44.7 Å². The number of thiophene rings is 1. The average molecular weight is 600 g/mol. The summed E-state index contributed by atoms with van der Waals surface area (Å²) in [6.07, 6.45) is 0.291. The molecule has 0 bridgehead atoms. The number of carbonyl (C=O) groups is 3. The van der Waals surface area contributed by atoms with Crippen LogP contribution in [0.15, 0.2) is 60.7 Å². The maximum absolute atomic E-state index is 14.1. The van der Waals surface area contributed by atoms with Crippen LogP contribution in [0.2, 0.25) is 0 Å². The molecule has 0 saturated carbocycles. The van der Waals surface area contributed by atoms with Gasteiger partial charge in [-0.05, 0) is 53.9 Å². The molecule has 2 amide bonds. The van der Waals surface area contributed by atoms with Crippen LogP contribution in [0, 0.1) is 6.92 Å². The van der Waals surface area contributed by atoms with Gasteiger partial charge in [-0.15, -0.1) is 11.3 Å². The molecule has 7 N–H and O–H groups in total. The van der Waals surface area contributed by atoms with E-state index in [9.17, 15) is 14.4 Å². The fourth-order valence-electron chi connectivity index (χ4n) is 5.97. The first-order chi connectivity index (χ1) is 20.6. The lowest BCUT2D eigenvalue weighted by Gasteiger charge is -2.40. The second-order valence-electron chi connectivity index (χ2n) is 11.0. The number of nitrogen functional groups attached to an aromatic ring is 1. The van der Waals surface area contributed by atoms with E-state index < -0.39 is 17.4 Å². The first kappa shape index (κ1) is 28.8. The molecule has 43 heavy (non-hydrogen) atoms. The summed E-state index contributed by atoms with van der Waals surface area (Å²) in [5.74, 6) is 0.493. The smallest absolute Gasteiger partial charge is 0.262 e. The van der Waals surface area contributed by atoms with E-state index in [4.69, 9.17) is 26.7 Å². The molecule has 222 valence electrons. The molecule has 1 fully saturated rings. The summed E-state index contributed by atoms with van der Waals surface area (Å²) >= 11 is 1.20. The SMILES string of the molecule is COCCC(=O)N1CC(NC(=O)c2sc3c(N)ccc4c3c2C(N)C(=O)C4(N)c2ccc(Oc3ccccc3)cc2C)C1. The molecular weight excluding hydrogens is 566 g/mol. The summed E-state index contributed by atoms with van der Waals surface area (Å²) in [5.41, 5.74) is 21.3. The Balaban J connectivity index is 1.33. The molecule has 11 heteroatoms. The largest absolute Gasteiger partial charge is 0.457 e. The molecule has 1 aliphatic heterocycles. The lowest BCUT2D eigenvalue weighted by atomic mass is 9.69. The predicted molar refractivity (Wildman–Crippen MR) is 165 cm³/mol. The maximum atomic E-state index is 14.1. The van der Waals surface area contributed by atoms with Gasteiger partial charge in [-0.3, -0.25) is 14.4 Å². The van der Waals surface area contributed by atoms with Crippen LogP contribution < -0.4 is 27.3 Å². The van der Waals surface area contributed by atoms with Gasteiger partial charge in [-0.25, -0.2) is 0 Å². The van der Waals surface area contributed by atoms with Crippen LogP contribution in [0.25, 0.3) is 10.1 Å². The van der Waals surface area contributed by atoms with Crippen molar-refractivity contribution in [3.63, 3.8) is 0 Å². The number of nitrogens with zero attached hydrogens (tertiary/aromatic N) is 1. The second kappa shape index (κ2) is 11.1. The van der Waals surface area contributed by atoms with Crippen LogP contribution in [0.1, 0.15) is 44.4 Å². The number of anilines is 1. The van der Waals surface area contributed by atoms with Crippen LogP contribution in [0.3, 0.4) is 0 Å². The van der Waals surface area contributed by atoms with Crippen molar-refractivity contribution in [3.05, 3.63) is 87.8 Å². The zero-order valence-corrected chi connectivity index (χ0v) is 24.7. The highest BCUT2D eigenvalue weighted by atomic mass is 32.1. The Hall–Kier alpha value is -4.29. The van der Waals surface area contributed by atoms with E-state index in [0.717, 1.165) is 5.56 Å². The van der Waals surface area contributed by atoms with Gasteiger partial charge < -0.3 is 36.9 Å². The number of methoxy groups -OCH3 is 1. The van der Waals surface area contributed by atoms with Crippen molar-refractivity contribution in [1.82, 2.24) is 10.2 Å². The zero-order valence-electron chi connectivity index (χ0n) is 23.9. The van der Waals surface area contributed by atoms with Gasteiger partial charge in [0, 0.05) is 36.8 Å². The average Bonchev–Trinajstić information content (AvgIpc) is 3.38. The molecule has 1 aliphatic carbocycles. The number of nitrogens with one attached hydrogen (secondary N) is 1. The highest BCUT2D eigenvalue weighted by Crippen LogP contribution is 2.50. The van der Waals surface area contributed by atoms with Crippen LogP contribution in [-0.4, -0.2) is 55.3 Å². The molecule has 10 nitrogen and oxygen atoms in total. The molecule has 0 spiro atoms. The molecule has 1 aromatic heterocycles. The monoisotopic (exact) mass is 599 g/mol. The number of aryl methyl sites for hydroxylation is 1. The van der Waals surface area contributed by atoms with Crippen molar-refractivity contribution in [3.8, 4) is 11.5 Å². The summed E-state index contributed by atoms with van der Waals surface area (Å²) in [6, 6.07) is 16.9. The van der Waals surface area contributed by atoms with Gasteiger partial charge in [0.2, 0.25) is 5.91 Å². The van der Waals surface area contributed by atoms with E-state index in [1.165, 1.54) is 11.3 Å². The summed E-state index contributed by atoms with van der Waals surface area (Å²) in [5, 5.41) is 3.63. The van der Waals surface area contributed by atoms with Crippen molar-refractivity contribution in [2.24, 2.45) is 11.5 Å². The summed E-state index contributed by atoms with van der Waals surface area (Å²) in [6.45, 7) is 3.03. The minimum Gasteiger partial charge on any atom is -0.457 e. The number of carbonyl (C=O) groups excluding carboxylic acids is 3. The third-order valence-corrected chi connectivity index (χ3v) is 9.46. The fourth-order valence-corrected chi connectivity index (χ4v) is 7.17. The molecule has 6 rings (SSSR count). The molecule has 4 aromatic rings. The number of ether oxygens (including phenoxy) is 2. The zero-order chi connectivity index (χ0) is 30.5. The molecule has 2 atom stereocenters. The van der Waals surface area contributed by atoms with E-state index in [0.29, 0.717) is 75.0 Å². The molecule has 1 saturated heterocycles. The van der Waals surface area contributed by atoms with Crippen molar-refractivity contribution in [2.75, 3.05) is 32.5 Å². The number of benzene rings is 3. The van der Waals surface area contributed by atoms with Crippen LogP contribution >= 0.6 is 11.3 Å². The Morgan fingerprint density at radius 3 is 2.49 bits per heavy atom. The van der Waals surface area contributed by atoms with Crippen LogP contribution in [-0.2, 0) is 19.9 Å². The third kappa shape index (κ3) is 4.84. The van der Waals surface area contributed by atoms with Crippen molar-refractivity contribution in [1.29, 1.82) is 0 Å². The van der Waals surface area contributed by atoms with Crippen molar-refractivity contribution in [2.45, 2.75) is 31.0 Å². The highest BCUT2D eigenvalue weighted by Gasteiger charge is 2.49. The Labute approximate surface area is 252 Å². The Morgan fingerprint density at radius 2 is 1.79 bits per heavy atom. The van der Waals surface area contributed by atoms with Gasteiger partial charge in [0.25, 0.3) is 5.91 Å². The number of likely N-dealkylation sites (tertiary alicyclic amines) is 1. The van der Waals surface area contributed by atoms with Crippen LogP contribution in [0.4, 0.5) is 5.69 Å². The predicted octanol–water partition coefficient (Wildman–Crippen LogP) is 3.35. The van der Waals surface area contributed by atoms with Crippen LogP contribution in [0.5, 0.6) is 11.5 Å². The van der Waals surface area contributed by atoms with E-state index in [2.05, 4.69) is 5.32 Å². The Morgan fingerprint density at radius 1 is 1.07 bits per heavy atom. The van der Waals surface area contributed by atoms with Crippen molar-refractivity contribution < 1.29 is 23.9 Å². The highest BCUT2D eigenvalue weighted by molar-refractivity contribution is 7.21. The molecule has 0 radical (unpaired) electrons. The Kier molecular flexibility index (Phi) is 7.43. The molecular formula is C32H33N5O5S. The van der Waals surface area contributed by atoms with E-state index in [1.807, 2.05) is 43.3 Å². The maximum Gasteiger partial charge on any atom is 0.262 e. The molecule has 3 aromatic carbocycles. The number of rotatable bonds is 8. The summed E-state index contributed by atoms with van der Waals surface area (Å²) in [7, 11) is 1.55. The number of amides is 2. The lowest BCUT2D eigenvalue weighted by Crippen LogP contribution is -2.61. The minimum absolute atomic E-state index is 0.0245. The second-order valence-corrected chi connectivity index (χ2v) is 12.0. The number of hydrogen-bond acceptors (Lipinski definition) is 9. The van der Waals surface area contributed by atoms with E-state index in [-0.39, 0.29) is 17.9 Å². The Bertz CT molecular complexity index is 1750. The standard InChI is InChI=1S/C32H33N5O5S/c1-17-14-20(42-19-6-4-3-5-7-19)8-9-21(17)32(35)22-10-11-23(33)28-25(22)26(27(34)30(32)39)29(43-28)31(40)36-18-15-37(16-18)24(38)12-13-41-2/h3-11,14,18,27H,12-13,15-16,33-35H2,1-2H3,(H,36,40). The number of nitrogens with two attached hydrogens (primary N) is 3. The quantitative estimate of drug-likeness (QED) is 0.224. The third-order valence-electron chi connectivity index (χ3n) is 8.21. The summed E-state index contributed by atoms with van der Waals surface area (Å²) < 4.78 is 11.6. The fraction of sp³-hybridized carbons (Fsp3) is 0.281. The summed E-state index contributed by atoms with van der Waals surface area (Å²) in [4.78, 5) is 41.9. The molecule has 2 aliphatic rings. The minimum atomic E-state index is -1.57. The number of ketones is 1. The lowest BCUT2D eigenvalue weighted by molar-refractivity contribution is -0.136. The first-order valence-electron chi connectivity index (χ1n) is 14.0. The number of Topliss-reactive ketones (excluding diaryl/α,β-unsaturated/α-hetero) is 1. The van der Waals surface area contributed by atoms with Gasteiger partial charge in [0.15, 0.2) is 5.78 Å². The number of hydrogen-bond donors (Lipinski definition) is 4. The number of para-hydroxylation sites is 1. The van der Waals surface area contributed by atoms with E-state index in [1.54, 1.807) is 36.3 Å². The molecule has 2 heterocycles. The topological polar surface area (TPSA) is 163 Å². The normalized spacial score (nSPS) is 19.8. The first-order valence-corrected chi connectivity index (χ1v) is 14.8. The van der Waals surface area contributed by atoms with Gasteiger partial charge in [-0.1, -0.05) is 30.3 Å². The van der Waals surface area contributed by atoms with Gasteiger partial charge in [0.1, 0.15) is 17.0 Å². The van der Waals surface area contributed by atoms with E-state index >= 15 is 0 Å².